The van der Waals surface area contributed by atoms with Gasteiger partial charge < -0.3 is 4.90 Å². The molecule has 0 aliphatic carbocycles. The van der Waals surface area contributed by atoms with Crippen molar-refractivity contribution in [3.05, 3.63) is 12.8 Å². The zero-order valence-corrected chi connectivity index (χ0v) is 9.82. The number of rotatable bonds is 2. The normalized spacial score (nSPS) is 24.3. The van der Waals surface area contributed by atoms with Crippen LogP contribution in [0, 0.1) is 5.92 Å². The Labute approximate surface area is 92.6 Å². The molecule has 0 amide bonds. The Balaban J connectivity index is 2.60. The Morgan fingerprint density at radius 3 is 2.87 bits per heavy atom. The van der Waals surface area contributed by atoms with E-state index < -0.39 is 0 Å². The fourth-order valence-corrected chi connectivity index (χ4v) is 1.89. The standard InChI is InChI=1S/C12H21N3/c1-4-14-10-12(13-3)15-8-5-6-11(2)7-9-15/h4,10-11H,1,5-9H2,2-3H3. The molecule has 1 aliphatic heterocycles. The summed E-state index contributed by atoms with van der Waals surface area (Å²) in [5.74, 6) is 1.81. The first-order valence-electron chi connectivity index (χ1n) is 5.63. The third-order valence-electron chi connectivity index (χ3n) is 2.87. The number of likely N-dealkylation sites (tertiary alicyclic amines) is 1. The van der Waals surface area contributed by atoms with Gasteiger partial charge in [-0.2, -0.15) is 0 Å². The van der Waals surface area contributed by atoms with Crippen LogP contribution in [0.4, 0.5) is 0 Å². The van der Waals surface area contributed by atoms with E-state index in [1.54, 1.807) is 12.4 Å². The molecule has 84 valence electrons. The molecule has 15 heavy (non-hydrogen) atoms. The van der Waals surface area contributed by atoms with Gasteiger partial charge in [-0.25, -0.2) is 0 Å². The quantitative estimate of drug-likeness (QED) is 0.504. The van der Waals surface area contributed by atoms with E-state index in [9.17, 15) is 0 Å². The van der Waals surface area contributed by atoms with Gasteiger partial charge in [0.2, 0.25) is 0 Å². The van der Waals surface area contributed by atoms with Crippen LogP contribution in [0.3, 0.4) is 0 Å². The van der Waals surface area contributed by atoms with Crippen molar-refractivity contribution < 1.29 is 0 Å². The Kier molecular flexibility index (Phi) is 5.08. The van der Waals surface area contributed by atoms with E-state index in [-0.39, 0.29) is 0 Å². The molecule has 3 heteroatoms. The summed E-state index contributed by atoms with van der Waals surface area (Å²) < 4.78 is 0. The van der Waals surface area contributed by atoms with Gasteiger partial charge in [0.05, 0.1) is 6.21 Å². The van der Waals surface area contributed by atoms with E-state index >= 15 is 0 Å². The Bertz CT molecular complexity index is 256. The first-order valence-corrected chi connectivity index (χ1v) is 5.63. The maximum atomic E-state index is 4.26. The van der Waals surface area contributed by atoms with E-state index in [2.05, 4.69) is 28.4 Å². The molecule has 1 unspecified atom stereocenters. The van der Waals surface area contributed by atoms with Crippen molar-refractivity contribution in [1.29, 1.82) is 0 Å². The molecule has 1 fully saturated rings. The van der Waals surface area contributed by atoms with Gasteiger partial charge in [-0.3, -0.25) is 9.98 Å². The number of hydrogen-bond donors (Lipinski definition) is 0. The maximum Gasteiger partial charge on any atom is 0.142 e. The van der Waals surface area contributed by atoms with Crippen molar-refractivity contribution in [2.24, 2.45) is 15.9 Å². The number of nitrogens with zero attached hydrogens (tertiary/aromatic N) is 3. The summed E-state index contributed by atoms with van der Waals surface area (Å²) in [4.78, 5) is 10.6. The first-order chi connectivity index (χ1) is 7.27. The number of hydrogen-bond acceptors (Lipinski definition) is 2. The van der Waals surface area contributed by atoms with E-state index in [0.29, 0.717) is 0 Å². The molecule has 3 nitrogen and oxygen atoms in total. The number of amidine groups is 1. The molecular weight excluding hydrogens is 186 g/mol. The van der Waals surface area contributed by atoms with Gasteiger partial charge in [0.1, 0.15) is 5.84 Å². The Hall–Kier alpha value is -1.12. The monoisotopic (exact) mass is 207 g/mol. The average Bonchev–Trinajstić information content (AvgIpc) is 2.45. The highest BCUT2D eigenvalue weighted by Crippen LogP contribution is 2.16. The third kappa shape index (κ3) is 3.86. The molecule has 1 rings (SSSR count). The van der Waals surface area contributed by atoms with E-state index in [4.69, 9.17) is 0 Å². The van der Waals surface area contributed by atoms with Crippen LogP contribution in [0.2, 0.25) is 0 Å². The van der Waals surface area contributed by atoms with Crippen LogP contribution in [0.5, 0.6) is 0 Å². The van der Waals surface area contributed by atoms with Crippen LogP contribution in [0.1, 0.15) is 26.2 Å². The highest BCUT2D eigenvalue weighted by molar-refractivity contribution is 6.29. The lowest BCUT2D eigenvalue weighted by Gasteiger charge is -2.21. The molecule has 0 bridgehead atoms. The third-order valence-corrected chi connectivity index (χ3v) is 2.87. The SMILES string of the molecule is C=CN=CC(=NC)N1CCCC(C)CC1. The molecule has 0 aromatic heterocycles. The molecule has 0 saturated carbocycles. The minimum Gasteiger partial charge on any atom is -0.356 e. The van der Waals surface area contributed by atoms with Crippen LogP contribution in [0.25, 0.3) is 0 Å². The van der Waals surface area contributed by atoms with Gasteiger partial charge in [0.25, 0.3) is 0 Å². The maximum absolute atomic E-state index is 4.26. The minimum atomic E-state index is 0.837. The second kappa shape index (κ2) is 6.38. The van der Waals surface area contributed by atoms with Gasteiger partial charge in [0.15, 0.2) is 0 Å². The summed E-state index contributed by atoms with van der Waals surface area (Å²) in [5.41, 5.74) is 0. The van der Waals surface area contributed by atoms with E-state index in [1.807, 2.05) is 7.05 Å². The lowest BCUT2D eigenvalue weighted by Crippen LogP contribution is -2.33. The molecule has 0 aromatic rings. The average molecular weight is 207 g/mol. The fraction of sp³-hybridized carbons (Fsp3) is 0.667. The van der Waals surface area contributed by atoms with Crippen LogP contribution in [-0.2, 0) is 0 Å². The second-order valence-electron chi connectivity index (χ2n) is 4.07. The number of aliphatic imine (C=N–C) groups is 2. The zero-order chi connectivity index (χ0) is 11.1. The fourth-order valence-electron chi connectivity index (χ4n) is 1.89. The predicted molar refractivity (Wildman–Crippen MR) is 66.6 cm³/mol. The predicted octanol–water partition coefficient (Wildman–Crippen LogP) is 2.35. The zero-order valence-electron chi connectivity index (χ0n) is 9.82. The smallest absolute Gasteiger partial charge is 0.142 e. The lowest BCUT2D eigenvalue weighted by molar-refractivity contribution is 0.430. The molecule has 0 radical (unpaired) electrons. The molecule has 1 heterocycles. The van der Waals surface area contributed by atoms with E-state index in [1.165, 1.54) is 19.3 Å². The van der Waals surface area contributed by atoms with Crippen molar-refractivity contribution in [3.8, 4) is 0 Å². The lowest BCUT2D eigenvalue weighted by atomic mass is 10.0. The summed E-state index contributed by atoms with van der Waals surface area (Å²) >= 11 is 0. The van der Waals surface area contributed by atoms with Crippen molar-refractivity contribution in [2.75, 3.05) is 20.1 Å². The van der Waals surface area contributed by atoms with Gasteiger partial charge in [-0.15, -0.1) is 0 Å². The van der Waals surface area contributed by atoms with Crippen molar-refractivity contribution >= 4 is 12.1 Å². The molecule has 1 atom stereocenters. The van der Waals surface area contributed by atoms with E-state index in [0.717, 1.165) is 24.8 Å². The van der Waals surface area contributed by atoms with Crippen LogP contribution in [0.15, 0.2) is 22.8 Å². The summed E-state index contributed by atoms with van der Waals surface area (Å²) in [6.07, 6.45) is 7.17. The summed E-state index contributed by atoms with van der Waals surface area (Å²) in [5, 5.41) is 0. The van der Waals surface area contributed by atoms with Gasteiger partial charge in [-0.05, 0) is 25.2 Å². The Morgan fingerprint density at radius 2 is 2.20 bits per heavy atom. The Morgan fingerprint density at radius 1 is 1.40 bits per heavy atom. The molecule has 0 N–H and O–H groups in total. The van der Waals surface area contributed by atoms with Gasteiger partial charge in [0, 0.05) is 26.3 Å². The summed E-state index contributed by atoms with van der Waals surface area (Å²) in [7, 11) is 1.82. The van der Waals surface area contributed by atoms with Crippen LogP contribution >= 0.6 is 0 Å². The molecule has 1 aliphatic rings. The largest absolute Gasteiger partial charge is 0.356 e. The van der Waals surface area contributed by atoms with Crippen molar-refractivity contribution in [2.45, 2.75) is 26.2 Å². The van der Waals surface area contributed by atoms with Crippen LogP contribution < -0.4 is 0 Å². The topological polar surface area (TPSA) is 28.0 Å². The summed E-state index contributed by atoms with van der Waals surface area (Å²) in [6, 6.07) is 0. The summed E-state index contributed by atoms with van der Waals surface area (Å²) in [6.45, 7) is 8.09. The highest BCUT2D eigenvalue weighted by Gasteiger charge is 2.15. The second-order valence-corrected chi connectivity index (χ2v) is 4.07. The molecule has 0 aromatic carbocycles. The molecule has 0 spiro atoms. The van der Waals surface area contributed by atoms with Crippen molar-refractivity contribution in [1.82, 2.24) is 4.90 Å². The highest BCUT2D eigenvalue weighted by atomic mass is 15.2. The first kappa shape index (κ1) is 12.0. The van der Waals surface area contributed by atoms with Gasteiger partial charge in [-0.1, -0.05) is 13.5 Å². The van der Waals surface area contributed by atoms with Crippen molar-refractivity contribution in [3.63, 3.8) is 0 Å². The van der Waals surface area contributed by atoms with Gasteiger partial charge >= 0.3 is 0 Å². The molecule has 1 saturated heterocycles. The van der Waals surface area contributed by atoms with Crippen LogP contribution in [-0.4, -0.2) is 37.1 Å². The minimum absolute atomic E-state index is 0.837. The molecular formula is C12H21N3.